The smallest absolute Gasteiger partial charge is 0.124 e. The van der Waals surface area contributed by atoms with Gasteiger partial charge < -0.3 is 20.1 Å². The Labute approximate surface area is 228 Å². The molecule has 2 N–H and O–H groups in total. The molecule has 4 aromatic carbocycles. The van der Waals surface area contributed by atoms with Crippen LogP contribution in [0.2, 0.25) is 0 Å². The molecule has 0 spiro atoms. The van der Waals surface area contributed by atoms with Crippen molar-refractivity contribution in [2.45, 2.75) is 53.0 Å². The molecule has 0 aliphatic carbocycles. The van der Waals surface area contributed by atoms with E-state index in [0.717, 1.165) is 35.7 Å². The minimum atomic E-state index is 0.564. The van der Waals surface area contributed by atoms with Crippen molar-refractivity contribution in [2.75, 3.05) is 13.1 Å². The molecule has 4 nitrogen and oxygen atoms in total. The Kier molecular flexibility index (Phi) is 10.8. The molecule has 0 radical (unpaired) electrons. The van der Waals surface area contributed by atoms with E-state index in [2.05, 4.69) is 97.3 Å². The Hall–Kier alpha value is -3.60. The fourth-order valence-corrected chi connectivity index (χ4v) is 4.46. The summed E-state index contributed by atoms with van der Waals surface area (Å²) in [6.45, 7) is 9.27. The average molecular weight is 509 g/mol. The summed E-state index contributed by atoms with van der Waals surface area (Å²) in [6, 6.07) is 33.3. The first-order valence-corrected chi connectivity index (χ1v) is 13.6. The van der Waals surface area contributed by atoms with Crippen LogP contribution in [0.5, 0.6) is 11.5 Å². The third-order valence-electron chi connectivity index (χ3n) is 6.49. The predicted molar refractivity (Wildman–Crippen MR) is 157 cm³/mol. The summed E-state index contributed by atoms with van der Waals surface area (Å²) in [5.41, 5.74) is 7.13. The number of aryl methyl sites for hydroxylation is 2. The van der Waals surface area contributed by atoms with E-state index in [-0.39, 0.29) is 0 Å². The summed E-state index contributed by atoms with van der Waals surface area (Å²) in [4.78, 5) is 0. The van der Waals surface area contributed by atoms with E-state index in [1.165, 1.54) is 48.2 Å². The van der Waals surface area contributed by atoms with Gasteiger partial charge in [0.1, 0.15) is 24.7 Å². The van der Waals surface area contributed by atoms with E-state index in [9.17, 15) is 0 Å². The molecule has 1 saturated heterocycles. The lowest BCUT2D eigenvalue weighted by Gasteiger charge is -2.14. The third kappa shape index (κ3) is 9.05. The molecule has 4 aromatic rings. The van der Waals surface area contributed by atoms with Gasteiger partial charge in [-0.15, -0.1) is 0 Å². The zero-order chi connectivity index (χ0) is 26.4. The summed E-state index contributed by atoms with van der Waals surface area (Å²) < 4.78 is 12.3. The number of hydrogen-bond acceptors (Lipinski definition) is 4. The summed E-state index contributed by atoms with van der Waals surface area (Å²) in [5.74, 6) is 1.82. The van der Waals surface area contributed by atoms with Crippen LogP contribution in [0.25, 0.3) is 0 Å². The van der Waals surface area contributed by atoms with E-state index in [1.54, 1.807) is 0 Å². The van der Waals surface area contributed by atoms with Crippen LogP contribution in [0, 0.1) is 13.8 Å². The highest BCUT2D eigenvalue weighted by atomic mass is 16.5. The van der Waals surface area contributed by atoms with Gasteiger partial charge in [0.25, 0.3) is 0 Å². The number of hydrogen-bond donors (Lipinski definition) is 2. The number of nitrogens with one attached hydrogen (secondary N) is 2. The zero-order valence-electron chi connectivity index (χ0n) is 22.7. The number of ether oxygens (including phenoxy) is 2. The lowest BCUT2D eigenvalue weighted by Crippen LogP contribution is -2.14. The molecular formula is C34H40N2O2. The summed E-state index contributed by atoms with van der Waals surface area (Å²) in [6.07, 6.45) is 2.78. The Morgan fingerprint density at radius 2 is 1.08 bits per heavy atom. The van der Waals surface area contributed by atoms with Crippen molar-refractivity contribution in [3.05, 3.63) is 130 Å². The Morgan fingerprint density at radius 1 is 0.605 bits per heavy atom. The van der Waals surface area contributed by atoms with Crippen molar-refractivity contribution in [1.29, 1.82) is 0 Å². The minimum absolute atomic E-state index is 0.564. The molecule has 0 atom stereocenters. The molecule has 198 valence electrons. The fraction of sp³-hybridized carbons (Fsp3) is 0.294. The van der Waals surface area contributed by atoms with E-state index < -0.39 is 0 Å². The Balaban J connectivity index is 0.000000603. The van der Waals surface area contributed by atoms with Crippen LogP contribution in [0.4, 0.5) is 0 Å². The topological polar surface area (TPSA) is 42.5 Å². The second kappa shape index (κ2) is 15.0. The molecule has 0 aromatic heterocycles. The highest BCUT2D eigenvalue weighted by Crippen LogP contribution is 2.22. The normalized spacial score (nSPS) is 12.5. The molecule has 1 aliphatic heterocycles. The Morgan fingerprint density at radius 3 is 1.50 bits per heavy atom. The molecule has 0 unspecified atom stereocenters. The van der Waals surface area contributed by atoms with Crippen LogP contribution in [0.15, 0.2) is 97.1 Å². The lowest BCUT2D eigenvalue weighted by molar-refractivity contribution is 0.300. The zero-order valence-corrected chi connectivity index (χ0v) is 22.7. The maximum absolute atomic E-state index is 6.14. The highest BCUT2D eigenvalue weighted by molar-refractivity contribution is 5.36. The van der Waals surface area contributed by atoms with Crippen LogP contribution in [-0.4, -0.2) is 13.1 Å². The lowest BCUT2D eigenvalue weighted by atomic mass is 10.1. The number of rotatable bonds is 10. The molecular weight excluding hydrogens is 468 g/mol. The van der Waals surface area contributed by atoms with Gasteiger partial charge in [0.2, 0.25) is 0 Å². The number of para-hydroxylation sites is 2. The van der Waals surface area contributed by atoms with Crippen LogP contribution >= 0.6 is 0 Å². The summed E-state index contributed by atoms with van der Waals surface area (Å²) in [5, 5.41) is 6.78. The van der Waals surface area contributed by atoms with Gasteiger partial charge in [-0.25, -0.2) is 0 Å². The van der Waals surface area contributed by atoms with Gasteiger partial charge in [0.05, 0.1) is 0 Å². The molecule has 1 fully saturated rings. The molecule has 1 aliphatic rings. The fourth-order valence-electron chi connectivity index (χ4n) is 4.46. The first-order valence-electron chi connectivity index (χ1n) is 13.6. The van der Waals surface area contributed by atoms with Gasteiger partial charge in [-0.3, -0.25) is 0 Å². The number of benzene rings is 4. The second-order valence-corrected chi connectivity index (χ2v) is 9.83. The molecule has 38 heavy (non-hydrogen) atoms. The first kappa shape index (κ1) is 27.4. The van der Waals surface area contributed by atoms with Crippen LogP contribution in [-0.2, 0) is 26.3 Å². The molecule has 0 amide bonds. The van der Waals surface area contributed by atoms with Crippen LogP contribution in [0.1, 0.15) is 46.2 Å². The second-order valence-electron chi connectivity index (χ2n) is 9.83. The quantitative estimate of drug-likeness (QED) is 0.239. The van der Waals surface area contributed by atoms with Gasteiger partial charge in [0.15, 0.2) is 0 Å². The first-order chi connectivity index (χ1) is 18.7. The summed E-state index contributed by atoms with van der Waals surface area (Å²) >= 11 is 0. The van der Waals surface area contributed by atoms with Crippen molar-refractivity contribution >= 4 is 0 Å². The van der Waals surface area contributed by atoms with E-state index in [4.69, 9.17) is 9.47 Å². The van der Waals surface area contributed by atoms with E-state index in [0.29, 0.717) is 13.2 Å². The van der Waals surface area contributed by atoms with E-state index >= 15 is 0 Å². The van der Waals surface area contributed by atoms with Gasteiger partial charge in [-0.2, -0.15) is 0 Å². The average Bonchev–Trinajstić information content (AvgIpc) is 3.53. The third-order valence-corrected chi connectivity index (χ3v) is 6.49. The summed E-state index contributed by atoms with van der Waals surface area (Å²) in [7, 11) is 0. The SMILES string of the molecule is C1CCNC1.Cc1cccc(COc2ccccc2CNCc2ccccc2OCc2cccc(C)c2)c1. The van der Waals surface area contributed by atoms with Gasteiger partial charge in [-0.05, 0) is 63.0 Å². The largest absolute Gasteiger partial charge is 0.489 e. The molecule has 5 rings (SSSR count). The molecule has 1 heterocycles. The molecule has 4 heteroatoms. The standard InChI is InChI=1S/C30H31NO2.C4H9N/c1-23-9-7-11-25(17-23)21-32-29-15-5-3-13-27(29)19-31-20-28-14-4-6-16-30(28)33-22-26-12-8-10-24(2)18-26;1-2-4-5-3-1/h3-18,31H,19-22H2,1-2H3;5H,1-4H2. The highest BCUT2D eigenvalue weighted by Gasteiger charge is 2.07. The monoisotopic (exact) mass is 508 g/mol. The van der Waals surface area contributed by atoms with Crippen LogP contribution < -0.4 is 20.1 Å². The molecule has 0 saturated carbocycles. The predicted octanol–water partition coefficient (Wildman–Crippen LogP) is 7.12. The minimum Gasteiger partial charge on any atom is -0.489 e. The van der Waals surface area contributed by atoms with Gasteiger partial charge in [-0.1, -0.05) is 96.1 Å². The van der Waals surface area contributed by atoms with Crippen LogP contribution in [0.3, 0.4) is 0 Å². The van der Waals surface area contributed by atoms with Gasteiger partial charge in [0, 0.05) is 24.2 Å². The van der Waals surface area contributed by atoms with Crippen molar-refractivity contribution in [3.8, 4) is 11.5 Å². The van der Waals surface area contributed by atoms with Crippen molar-refractivity contribution < 1.29 is 9.47 Å². The molecule has 0 bridgehead atoms. The van der Waals surface area contributed by atoms with Crippen molar-refractivity contribution in [3.63, 3.8) is 0 Å². The van der Waals surface area contributed by atoms with Gasteiger partial charge >= 0.3 is 0 Å². The maximum Gasteiger partial charge on any atom is 0.124 e. The Bertz CT molecular complexity index is 1170. The van der Waals surface area contributed by atoms with E-state index in [1.807, 2.05) is 24.3 Å². The van der Waals surface area contributed by atoms with Crippen molar-refractivity contribution in [1.82, 2.24) is 10.6 Å². The maximum atomic E-state index is 6.14. The van der Waals surface area contributed by atoms with Crippen molar-refractivity contribution in [2.24, 2.45) is 0 Å².